The van der Waals surface area contributed by atoms with Crippen LogP contribution in [0.3, 0.4) is 0 Å². The number of aromatic amines is 1. The fourth-order valence-electron chi connectivity index (χ4n) is 1.57. The molecule has 0 radical (unpaired) electrons. The summed E-state index contributed by atoms with van der Waals surface area (Å²) >= 11 is 5.16. The summed E-state index contributed by atoms with van der Waals surface area (Å²) in [5.74, 6) is 1.39. The van der Waals surface area contributed by atoms with Gasteiger partial charge in [0.15, 0.2) is 4.77 Å². The monoisotopic (exact) mass is 245 g/mol. The molecule has 0 saturated carbocycles. The van der Waals surface area contributed by atoms with Crippen molar-refractivity contribution in [3.63, 3.8) is 0 Å². The molecule has 5 nitrogen and oxygen atoms in total. The fourth-order valence-corrected chi connectivity index (χ4v) is 1.82. The van der Waals surface area contributed by atoms with Crippen molar-refractivity contribution in [3.8, 4) is 0 Å². The molecule has 92 valence electrons. The summed E-state index contributed by atoms with van der Waals surface area (Å²) in [5.41, 5.74) is 0. The summed E-state index contributed by atoms with van der Waals surface area (Å²) in [7, 11) is 3.38. The molecule has 0 bridgehead atoms. The molecule has 0 fully saturated rings. The van der Waals surface area contributed by atoms with Crippen LogP contribution in [0.4, 0.5) is 0 Å². The third-order valence-corrected chi connectivity index (χ3v) is 2.65. The van der Waals surface area contributed by atoms with Gasteiger partial charge in [-0.1, -0.05) is 6.92 Å². The number of hydrogen-bond acceptors (Lipinski definition) is 4. The van der Waals surface area contributed by atoms with Crippen molar-refractivity contribution in [2.24, 2.45) is 5.92 Å². The van der Waals surface area contributed by atoms with Crippen molar-refractivity contribution in [2.75, 3.05) is 27.4 Å². The van der Waals surface area contributed by atoms with Gasteiger partial charge in [0, 0.05) is 33.8 Å². The van der Waals surface area contributed by atoms with Crippen molar-refractivity contribution in [2.45, 2.75) is 19.9 Å². The van der Waals surface area contributed by atoms with Gasteiger partial charge in [0.25, 0.3) is 0 Å². The first-order chi connectivity index (χ1) is 7.69. The summed E-state index contributed by atoms with van der Waals surface area (Å²) in [5, 5.41) is 7.04. The Morgan fingerprint density at radius 1 is 1.44 bits per heavy atom. The fraction of sp³-hybridized carbons (Fsp3) is 0.800. The lowest BCUT2D eigenvalue weighted by Crippen LogP contribution is -2.14. The molecule has 0 aromatic carbocycles. The van der Waals surface area contributed by atoms with E-state index in [4.69, 9.17) is 21.7 Å². The highest BCUT2D eigenvalue weighted by molar-refractivity contribution is 7.71. The van der Waals surface area contributed by atoms with Crippen LogP contribution in [-0.4, -0.2) is 42.2 Å². The second-order valence-electron chi connectivity index (χ2n) is 3.85. The Balaban J connectivity index is 2.68. The smallest absolute Gasteiger partial charge is 0.195 e. The number of aromatic nitrogens is 3. The van der Waals surface area contributed by atoms with Gasteiger partial charge in [0.2, 0.25) is 0 Å². The van der Waals surface area contributed by atoms with Crippen LogP contribution in [0.15, 0.2) is 0 Å². The van der Waals surface area contributed by atoms with Gasteiger partial charge in [-0.2, -0.15) is 5.10 Å². The lowest BCUT2D eigenvalue weighted by molar-refractivity contribution is 0.157. The van der Waals surface area contributed by atoms with Gasteiger partial charge in [-0.25, -0.2) is 0 Å². The molecule has 16 heavy (non-hydrogen) atoms. The standard InChI is InChI=1S/C10H19N3O2S/c1-8(7-15-3)6-9-11-12-10(16)13(9)4-5-14-2/h8H,4-7H2,1-3H3,(H,12,16). The van der Waals surface area contributed by atoms with Crippen LogP contribution in [-0.2, 0) is 22.4 Å². The topological polar surface area (TPSA) is 52.1 Å². The van der Waals surface area contributed by atoms with Crippen LogP contribution in [0, 0.1) is 10.7 Å². The van der Waals surface area contributed by atoms with E-state index in [0.29, 0.717) is 17.3 Å². The van der Waals surface area contributed by atoms with Crippen molar-refractivity contribution >= 4 is 12.2 Å². The number of methoxy groups -OCH3 is 2. The lowest BCUT2D eigenvalue weighted by atomic mass is 10.1. The molecule has 1 aromatic heterocycles. The van der Waals surface area contributed by atoms with Crippen LogP contribution < -0.4 is 0 Å². The van der Waals surface area contributed by atoms with Crippen molar-refractivity contribution < 1.29 is 9.47 Å². The van der Waals surface area contributed by atoms with Gasteiger partial charge >= 0.3 is 0 Å². The molecule has 0 aliphatic heterocycles. The predicted octanol–water partition coefficient (Wildman–Crippen LogP) is 1.41. The van der Waals surface area contributed by atoms with E-state index in [1.807, 2.05) is 4.57 Å². The molecule has 0 aliphatic rings. The number of rotatable bonds is 7. The molecule has 1 aromatic rings. The van der Waals surface area contributed by atoms with E-state index in [2.05, 4.69) is 17.1 Å². The van der Waals surface area contributed by atoms with Crippen LogP contribution in [0.25, 0.3) is 0 Å². The third-order valence-electron chi connectivity index (χ3n) is 2.34. The Morgan fingerprint density at radius 3 is 2.81 bits per heavy atom. The van der Waals surface area contributed by atoms with E-state index in [-0.39, 0.29) is 0 Å². The highest BCUT2D eigenvalue weighted by Crippen LogP contribution is 2.07. The highest BCUT2D eigenvalue weighted by atomic mass is 32.1. The van der Waals surface area contributed by atoms with Crippen molar-refractivity contribution in [3.05, 3.63) is 10.6 Å². The van der Waals surface area contributed by atoms with Crippen LogP contribution >= 0.6 is 12.2 Å². The largest absolute Gasteiger partial charge is 0.384 e. The first-order valence-corrected chi connectivity index (χ1v) is 5.71. The summed E-state index contributed by atoms with van der Waals surface area (Å²) in [6.45, 7) is 4.23. The summed E-state index contributed by atoms with van der Waals surface area (Å²) in [4.78, 5) is 0. The van der Waals surface area contributed by atoms with Gasteiger partial charge in [0.1, 0.15) is 5.82 Å². The minimum absolute atomic E-state index is 0.427. The molecule has 1 rings (SSSR count). The number of nitrogens with zero attached hydrogens (tertiary/aromatic N) is 2. The Morgan fingerprint density at radius 2 is 2.19 bits per heavy atom. The van der Waals surface area contributed by atoms with Gasteiger partial charge in [0.05, 0.1) is 6.61 Å². The molecule has 1 atom stereocenters. The molecular formula is C10H19N3O2S. The maximum atomic E-state index is 5.16. The average Bonchev–Trinajstić information content (AvgIpc) is 2.57. The lowest BCUT2D eigenvalue weighted by Gasteiger charge is -2.10. The van der Waals surface area contributed by atoms with E-state index < -0.39 is 0 Å². The molecule has 6 heteroatoms. The molecule has 1 heterocycles. The summed E-state index contributed by atoms with van der Waals surface area (Å²) in [6, 6.07) is 0. The number of nitrogens with one attached hydrogen (secondary N) is 1. The first kappa shape index (κ1) is 13.3. The zero-order valence-corrected chi connectivity index (χ0v) is 10.8. The second-order valence-corrected chi connectivity index (χ2v) is 4.24. The van der Waals surface area contributed by atoms with E-state index >= 15 is 0 Å². The predicted molar refractivity (Wildman–Crippen MR) is 64.0 cm³/mol. The number of hydrogen-bond donors (Lipinski definition) is 1. The van der Waals surface area contributed by atoms with Gasteiger partial charge in [-0.05, 0) is 18.1 Å². The number of ether oxygens (including phenoxy) is 2. The van der Waals surface area contributed by atoms with Gasteiger partial charge in [-0.15, -0.1) is 0 Å². The zero-order valence-electron chi connectivity index (χ0n) is 10.0. The van der Waals surface area contributed by atoms with Crippen LogP contribution in [0.5, 0.6) is 0 Å². The number of H-pyrrole nitrogens is 1. The Labute approximate surface area is 101 Å². The van der Waals surface area contributed by atoms with Crippen LogP contribution in [0.1, 0.15) is 12.7 Å². The van der Waals surface area contributed by atoms with Gasteiger partial charge < -0.3 is 14.0 Å². The molecule has 0 saturated heterocycles. The second kappa shape index (κ2) is 6.78. The summed E-state index contributed by atoms with van der Waals surface area (Å²) in [6.07, 6.45) is 0.852. The third kappa shape index (κ3) is 3.70. The average molecular weight is 245 g/mol. The quantitative estimate of drug-likeness (QED) is 0.738. The normalized spacial score (nSPS) is 12.9. The van der Waals surface area contributed by atoms with Crippen LogP contribution in [0.2, 0.25) is 0 Å². The van der Waals surface area contributed by atoms with E-state index in [1.54, 1.807) is 14.2 Å². The maximum absolute atomic E-state index is 5.16. The Hall–Kier alpha value is -0.720. The molecular weight excluding hydrogens is 226 g/mol. The van der Waals surface area contributed by atoms with Crippen molar-refractivity contribution in [1.82, 2.24) is 14.8 Å². The highest BCUT2D eigenvalue weighted by Gasteiger charge is 2.10. The SMILES string of the molecule is COCCn1c(CC(C)COC)n[nH]c1=S. The molecule has 0 amide bonds. The molecule has 1 N–H and O–H groups in total. The summed E-state index contributed by atoms with van der Waals surface area (Å²) < 4.78 is 12.8. The first-order valence-electron chi connectivity index (χ1n) is 5.31. The Kier molecular flexibility index (Phi) is 5.65. The molecule has 1 unspecified atom stereocenters. The molecule has 0 spiro atoms. The van der Waals surface area contributed by atoms with Gasteiger partial charge in [-0.3, -0.25) is 5.10 Å². The zero-order chi connectivity index (χ0) is 12.0. The molecule has 0 aliphatic carbocycles. The Bertz CT molecular complexity index is 361. The minimum Gasteiger partial charge on any atom is -0.384 e. The van der Waals surface area contributed by atoms with E-state index in [1.165, 1.54) is 0 Å². The van der Waals surface area contributed by atoms with Crippen molar-refractivity contribution in [1.29, 1.82) is 0 Å². The van der Waals surface area contributed by atoms with E-state index in [0.717, 1.165) is 25.4 Å². The van der Waals surface area contributed by atoms with E-state index in [9.17, 15) is 0 Å². The minimum atomic E-state index is 0.427. The maximum Gasteiger partial charge on any atom is 0.195 e.